The summed E-state index contributed by atoms with van der Waals surface area (Å²) in [5.74, 6) is -0.0198. The second kappa shape index (κ2) is 8.41. The van der Waals surface area contributed by atoms with Crippen molar-refractivity contribution in [3.05, 3.63) is 70.2 Å². The highest BCUT2D eigenvalue weighted by Crippen LogP contribution is 2.45. The van der Waals surface area contributed by atoms with Crippen LogP contribution in [0, 0.1) is 5.92 Å². The number of hydrogen-bond acceptors (Lipinski definition) is 3. The van der Waals surface area contributed by atoms with Crippen LogP contribution in [0.25, 0.3) is 0 Å². The van der Waals surface area contributed by atoms with Gasteiger partial charge < -0.3 is 0 Å². The van der Waals surface area contributed by atoms with Gasteiger partial charge in [0.1, 0.15) is 0 Å². The number of rotatable bonds is 4. The number of nitrogens with one attached hydrogen (secondary N) is 1. The van der Waals surface area contributed by atoms with Gasteiger partial charge in [0.2, 0.25) is 11.8 Å². The Hall–Kier alpha value is -1.98. The van der Waals surface area contributed by atoms with Gasteiger partial charge in [-0.15, -0.1) is 0 Å². The Labute approximate surface area is 180 Å². The first kappa shape index (κ1) is 20.3. The molecular weight excluding hydrogens is 428 g/mol. The van der Waals surface area contributed by atoms with E-state index in [9.17, 15) is 9.59 Å². The molecule has 2 saturated heterocycles. The molecule has 4 rings (SSSR count). The van der Waals surface area contributed by atoms with Crippen molar-refractivity contribution in [2.45, 2.75) is 44.1 Å². The van der Waals surface area contributed by atoms with E-state index in [-0.39, 0.29) is 17.7 Å². The number of amides is 2. The topological polar surface area (TPSA) is 49.4 Å². The van der Waals surface area contributed by atoms with Crippen LogP contribution >= 0.6 is 15.9 Å². The zero-order valence-corrected chi connectivity index (χ0v) is 18.3. The van der Waals surface area contributed by atoms with E-state index < -0.39 is 5.41 Å². The van der Waals surface area contributed by atoms with Gasteiger partial charge in [-0.25, -0.2) is 0 Å². The fraction of sp³-hybridized carbons (Fsp3) is 0.417. The summed E-state index contributed by atoms with van der Waals surface area (Å²) in [7, 11) is 0. The lowest BCUT2D eigenvalue weighted by molar-refractivity contribution is -0.140. The zero-order valence-electron chi connectivity index (χ0n) is 16.7. The molecule has 2 heterocycles. The number of benzene rings is 2. The van der Waals surface area contributed by atoms with Crippen LogP contribution in [0.4, 0.5) is 0 Å². The lowest BCUT2D eigenvalue weighted by Gasteiger charge is -2.46. The fourth-order valence-electron chi connectivity index (χ4n) is 5.09. The van der Waals surface area contributed by atoms with Gasteiger partial charge in [-0.2, -0.15) is 0 Å². The molecule has 2 aliphatic rings. The van der Waals surface area contributed by atoms with Crippen LogP contribution in [0.15, 0.2) is 59.1 Å². The Balaban J connectivity index is 1.54. The molecule has 0 bridgehead atoms. The number of imide groups is 1. The molecule has 0 aliphatic carbocycles. The van der Waals surface area contributed by atoms with E-state index in [0.29, 0.717) is 18.9 Å². The van der Waals surface area contributed by atoms with Crippen LogP contribution in [0.3, 0.4) is 0 Å². The summed E-state index contributed by atoms with van der Waals surface area (Å²) in [5, 5.41) is 2.64. The number of piperidine rings is 2. The predicted octanol–water partition coefficient (Wildman–Crippen LogP) is 4.60. The van der Waals surface area contributed by atoms with Crippen LogP contribution < -0.4 is 5.32 Å². The monoisotopic (exact) mass is 454 g/mol. The first-order valence-corrected chi connectivity index (χ1v) is 11.2. The van der Waals surface area contributed by atoms with E-state index in [2.05, 4.69) is 57.3 Å². The van der Waals surface area contributed by atoms with Crippen molar-refractivity contribution in [3.8, 4) is 0 Å². The first-order chi connectivity index (χ1) is 14.0. The summed E-state index contributed by atoms with van der Waals surface area (Å²) in [6, 6.07) is 18.9. The molecule has 152 valence electrons. The molecule has 5 heteroatoms. The van der Waals surface area contributed by atoms with Gasteiger partial charge in [-0.1, -0.05) is 58.4 Å². The minimum Gasteiger partial charge on any atom is -0.297 e. The maximum absolute atomic E-state index is 13.1. The molecule has 0 spiro atoms. The summed E-state index contributed by atoms with van der Waals surface area (Å²) in [6.07, 6.45) is 2.93. The van der Waals surface area contributed by atoms with Crippen LogP contribution in [-0.4, -0.2) is 29.8 Å². The van der Waals surface area contributed by atoms with Crippen LogP contribution in [0.5, 0.6) is 0 Å². The molecule has 2 aliphatic heterocycles. The van der Waals surface area contributed by atoms with Gasteiger partial charge in [0, 0.05) is 16.9 Å². The van der Waals surface area contributed by atoms with E-state index >= 15 is 0 Å². The SMILES string of the molecule is C[C@@H](c1ccc(Br)cc1)N1CCC([C@]2(c3ccccc3)CCC(=O)NC2=O)CC1. The number of carbonyl (C=O) groups excluding carboxylic acids is 2. The Morgan fingerprint density at radius 2 is 1.69 bits per heavy atom. The second-order valence-electron chi connectivity index (χ2n) is 8.25. The fourth-order valence-corrected chi connectivity index (χ4v) is 5.36. The first-order valence-electron chi connectivity index (χ1n) is 10.4. The third-order valence-electron chi connectivity index (χ3n) is 6.82. The van der Waals surface area contributed by atoms with Crippen molar-refractivity contribution in [1.29, 1.82) is 0 Å². The quantitative estimate of drug-likeness (QED) is 0.686. The third kappa shape index (κ3) is 3.90. The number of halogens is 1. The minimum absolute atomic E-state index is 0.112. The van der Waals surface area contributed by atoms with Crippen LogP contribution in [0.1, 0.15) is 49.8 Å². The third-order valence-corrected chi connectivity index (χ3v) is 7.35. The van der Waals surface area contributed by atoms with Gasteiger partial charge in [0.15, 0.2) is 0 Å². The van der Waals surface area contributed by atoms with Crippen molar-refractivity contribution in [1.82, 2.24) is 10.2 Å². The van der Waals surface area contributed by atoms with Gasteiger partial charge in [-0.05, 0) is 68.5 Å². The molecule has 2 aromatic carbocycles. The Bertz CT molecular complexity index is 876. The summed E-state index contributed by atoms with van der Waals surface area (Å²) in [5.41, 5.74) is 1.76. The van der Waals surface area contributed by atoms with Gasteiger partial charge in [0.05, 0.1) is 5.41 Å². The summed E-state index contributed by atoms with van der Waals surface area (Å²) < 4.78 is 1.09. The van der Waals surface area contributed by atoms with Crippen molar-refractivity contribution in [2.24, 2.45) is 5.92 Å². The maximum Gasteiger partial charge on any atom is 0.237 e. The summed E-state index contributed by atoms with van der Waals surface area (Å²) >= 11 is 3.50. The van der Waals surface area contributed by atoms with Crippen molar-refractivity contribution >= 4 is 27.7 Å². The molecule has 1 N–H and O–H groups in total. The Morgan fingerprint density at radius 3 is 2.31 bits per heavy atom. The van der Waals surface area contributed by atoms with E-state index in [4.69, 9.17) is 0 Å². The molecule has 2 atom stereocenters. The lowest BCUT2D eigenvalue weighted by Crippen LogP contribution is -2.57. The molecule has 29 heavy (non-hydrogen) atoms. The largest absolute Gasteiger partial charge is 0.297 e. The smallest absolute Gasteiger partial charge is 0.237 e. The minimum atomic E-state index is -0.595. The molecule has 2 fully saturated rings. The van der Waals surface area contributed by atoms with E-state index in [1.54, 1.807) is 0 Å². The lowest BCUT2D eigenvalue weighted by atomic mass is 9.62. The normalized spacial score (nSPS) is 24.9. The predicted molar refractivity (Wildman–Crippen MR) is 117 cm³/mol. The number of likely N-dealkylation sites (tertiary alicyclic amines) is 1. The molecule has 2 amide bonds. The van der Waals surface area contributed by atoms with E-state index in [1.807, 2.05) is 30.3 Å². The van der Waals surface area contributed by atoms with Crippen molar-refractivity contribution in [3.63, 3.8) is 0 Å². The molecule has 0 radical (unpaired) electrons. The summed E-state index contributed by atoms with van der Waals surface area (Å²) in [6.45, 7) is 4.16. The highest BCUT2D eigenvalue weighted by atomic mass is 79.9. The molecule has 0 aromatic heterocycles. The molecular formula is C24H27BrN2O2. The number of hydrogen-bond donors (Lipinski definition) is 1. The molecule has 0 unspecified atom stereocenters. The number of nitrogens with zero attached hydrogens (tertiary/aromatic N) is 1. The Kier molecular flexibility index (Phi) is 5.88. The standard InChI is InChI=1S/C24H27BrN2O2/c1-17(18-7-9-21(25)10-8-18)27-15-12-20(13-16-27)24(19-5-3-2-4-6-19)14-11-22(28)26-23(24)29/h2-10,17,20H,11-16H2,1H3,(H,26,28,29)/t17-,24+/m0/s1. The van der Waals surface area contributed by atoms with Crippen LogP contribution in [-0.2, 0) is 15.0 Å². The van der Waals surface area contributed by atoms with Gasteiger partial charge >= 0.3 is 0 Å². The van der Waals surface area contributed by atoms with Crippen molar-refractivity contribution in [2.75, 3.05) is 13.1 Å². The average molecular weight is 455 g/mol. The highest BCUT2D eigenvalue weighted by Gasteiger charge is 2.50. The van der Waals surface area contributed by atoms with Crippen molar-refractivity contribution < 1.29 is 9.59 Å². The Morgan fingerprint density at radius 1 is 1.03 bits per heavy atom. The second-order valence-corrected chi connectivity index (χ2v) is 9.17. The number of carbonyl (C=O) groups is 2. The van der Waals surface area contributed by atoms with E-state index in [1.165, 1.54) is 5.56 Å². The maximum atomic E-state index is 13.1. The molecule has 0 saturated carbocycles. The molecule has 2 aromatic rings. The van der Waals surface area contributed by atoms with E-state index in [0.717, 1.165) is 36.0 Å². The summed E-state index contributed by atoms with van der Waals surface area (Å²) in [4.78, 5) is 27.5. The highest BCUT2D eigenvalue weighted by molar-refractivity contribution is 9.10. The van der Waals surface area contributed by atoms with Gasteiger partial charge in [0.25, 0.3) is 0 Å². The average Bonchev–Trinajstić information content (AvgIpc) is 2.75. The van der Waals surface area contributed by atoms with Crippen LogP contribution in [0.2, 0.25) is 0 Å². The van der Waals surface area contributed by atoms with Gasteiger partial charge in [-0.3, -0.25) is 19.8 Å². The molecule has 4 nitrogen and oxygen atoms in total. The zero-order chi connectivity index (χ0) is 20.4.